The molecular weight excluding hydrogens is 262 g/mol. The van der Waals surface area contributed by atoms with Crippen molar-refractivity contribution in [3.05, 3.63) is 16.5 Å². The van der Waals surface area contributed by atoms with Crippen LogP contribution in [-0.2, 0) is 5.41 Å². The molecule has 1 aromatic heterocycles. The van der Waals surface area contributed by atoms with Crippen molar-refractivity contribution >= 4 is 17.4 Å². The number of aromatic nitrogens is 2. The molecule has 5 heteroatoms. The summed E-state index contributed by atoms with van der Waals surface area (Å²) in [5.74, 6) is 1.58. The molecule has 0 saturated heterocycles. The molecule has 1 N–H and O–H groups in total. The first-order chi connectivity index (χ1) is 8.62. The molecule has 0 spiro atoms. The highest BCUT2D eigenvalue weighted by molar-refractivity contribution is 6.30. The zero-order valence-corrected chi connectivity index (χ0v) is 13.4. The molecule has 0 radical (unpaired) electrons. The third kappa shape index (κ3) is 4.32. The summed E-state index contributed by atoms with van der Waals surface area (Å²) >= 11 is 6.20. The fourth-order valence-corrected chi connectivity index (χ4v) is 1.84. The molecule has 1 rings (SSSR count). The Hall–Kier alpha value is -0.870. The number of anilines is 1. The van der Waals surface area contributed by atoms with Gasteiger partial charge in [0.1, 0.15) is 16.8 Å². The standard InChI is InChI=1S/C14H24ClN3O/c1-9(19)7-8-18(6)12-10(2)11(15)16-13(17-12)14(3,4)5/h9,19H,7-8H2,1-6H3. The van der Waals surface area contributed by atoms with Crippen LogP contribution in [0.3, 0.4) is 0 Å². The third-order valence-electron chi connectivity index (χ3n) is 2.98. The van der Waals surface area contributed by atoms with Gasteiger partial charge in [0, 0.05) is 24.6 Å². The zero-order valence-electron chi connectivity index (χ0n) is 12.7. The van der Waals surface area contributed by atoms with Crippen molar-refractivity contribution < 1.29 is 5.11 Å². The molecule has 108 valence electrons. The lowest BCUT2D eigenvalue weighted by molar-refractivity contribution is 0.187. The van der Waals surface area contributed by atoms with Gasteiger partial charge in [0.25, 0.3) is 0 Å². The van der Waals surface area contributed by atoms with Crippen molar-refractivity contribution in [1.82, 2.24) is 9.97 Å². The molecule has 1 atom stereocenters. The minimum absolute atomic E-state index is 0.142. The van der Waals surface area contributed by atoms with Gasteiger partial charge in [0.15, 0.2) is 0 Å². The fraction of sp³-hybridized carbons (Fsp3) is 0.714. The van der Waals surface area contributed by atoms with Gasteiger partial charge >= 0.3 is 0 Å². The molecule has 19 heavy (non-hydrogen) atoms. The molecule has 1 heterocycles. The van der Waals surface area contributed by atoms with Crippen molar-refractivity contribution in [3.63, 3.8) is 0 Å². The van der Waals surface area contributed by atoms with Crippen molar-refractivity contribution in [3.8, 4) is 0 Å². The number of rotatable bonds is 4. The van der Waals surface area contributed by atoms with Crippen LogP contribution in [0.1, 0.15) is 45.5 Å². The minimum Gasteiger partial charge on any atom is -0.393 e. The van der Waals surface area contributed by atoms with Crippen molar-refractivity contribution in [2.45, 2.75) is 52.6 Å². The largest absolute Gasteiger partial charge is 0.393 e. The van der Waals surface area contributed by atoms with E-state index in [1.165, 1.54) is 0 Å². The molecule has 1 unspecified atom stereocenters. The Balaban J connectivity index is 3.09. The lowest BCUT2D eigenvalue weighted by Crippen LogP contribution is -2.26. The zero-order chi connectivity index (χ0) is 14.8. The SMILES string of the molecule is Cc1c(Cl)nc(C(C)(C)C)nc1N(C)CCC(C)O. The third-order valence-corrected chi connectivity index (χ3v) is 3.34. The molecule has 0 aliphatic rings. The van der Waals surface area contributed by atoms with Crippen LogP contribution in [0.5, 0.6) is 0 Å². The summed E-state index contributed by atoms with van der Waals surface area (Å²) in [6.45, 7) is 10.6. The average molecular weight is 286 g/mol. The Morgan fingerprint density at radius 3 is 2.37 bits per heavy atom. The Bertz CT molecular complexity index is 441. The van der Waals surface area contributed by atoms with Gasteiger partial charge in [0.2, 0.25) is 0 Å². The summed E-state index contributed by atoms with van der Waals surface area (Å²) in [6.07, 6.45) is 0.379. The second kappa shape index (κ2) is 6.06. The molecule has 0 bridgehead atoms. The Kier molecular flexibility index (Phi) is 5.16. The van der Waals surface area contributed by atoms with E-state index in [0.717, 1.165) is 23.8 Å². The lowest BCUT2D eigenvalue weighted by atomic mass is 9.95. The smallest absolute Gasteiger partial charge is 0.137 e. The summed E-state index contributed by atoms with van der Waals surface area (Å²) in [6, 6.07) is 0. The van der Waals surface area contributed by atoms with Gasteiger partial charge < -0.3 is 10.0 Å². The monoisotopic (exact) mass is 285 g/mol. The maximum absolute atomic E-state index is 9.37. The molecule has 0 amide bonds. The van der Waals surface area contributed by atoms with Crippen LogP contribution < -0.4 is 4.90 Å². The van der Waals surface area contributed by atoms with E-state index in [4.69, 9.17) is 11.6 Å². The predicted octanol–water partition coefficient (Wildman–Crippen LogP) is 2.94. The number of halogens is 1. The van der Waals surface area contributed by atoms with Gasteiger partial charge in [-0.05, 0) is 20.3 Å². The van der Waals surface area contributed by atoms with Crippen LogP contribution in [0.15, 0.2) is 0 Å². The van der Waals surface area contributed by atoms with Gasteiger partial charge in [-0.1, -0.05) is 32.4 Å². The summed E-state index contributed by atoms with van der Waals surface area (Å²) in [5.41, 5.74) is 0.736. The van der Waals surface area contributed by atoms with Crippen LogP contribution in [0.4, 0.5) is 5.82 Å². The van der Waals surface area contributed by atoms with Crippen molar-refractivity contribution in [2.24, 2.45) is 0 Å². The number of aliphatic hydroxyl groups is 1. The Morgan fingerprint density at radius 2 is 1.89 bits per heavy atom. The summed E-state index contributed by atoms with van der Waals surface area (Å²) in [7, 11) is 1.96. The van der Waals surface area contributed by atoms with Crippen LogP contribution in [0.2, 0.25) is 5.15 Å². The van der Waals surface area contributed by atoms with E-state index in [1.54, 1.807) is 6.92 Å². The van der Waals surface area contributed by atoms with Crippen molar-refractivity contribution in [1.29, 1.82) is 0 Å². The van der Waals surface area contributed by atoms with E-state index >= 15 is 0 Å². The second-order valence-electron chi connectivity index (χ2n) is 6.10. The molecule has 4 nitrogen and oxygen atoms in total. The fourth-order valence-electron chi connectivity index (χ4n) is 1.67. The maximum atomic E-state index is 9.37. The maximum Gasteiger partial charge on any atom is 0.137 e. The van der Waals surface area contributed by atoms with E-state index in [2.05, 4.69) is 30.7 Å². The van der Waals surface area contributed by atoms with Crippen LogP contribution in [-0.4, -0.2) is 34.8 Å². The molecule has 0 aliphatic heterocycles. The second-order valence-corrected chi connectivity index (χ2v) is 6.45. The van der Waals surface area contributed by atoms with Gasteiger partial charge in [-0.3, -0.25) is 0 Å². The number of nitrogens with zero attached hydrogens (tertiary/aromatic N) is 3. The van der Waals surface area contributed by atoms with Gasteiger partial charge in [-0.15, -0.1) is 0 Å². The number of hydrogen-bond acceptors (Lipinski definition) is 4. The topological polar surface area (TPSA) is 49.2 Å². The van der Waals surface area contributed by atoms with E-state index < -0.39 is 0 Å². The number of hydrogen-bond donors (Lipinski definition) is 1. The number of aliphatic hydroxyl groups excluding tert-OH is 1. The van der Waals surface area contributed by atoms with Crippen LogP contribution >= 0.6 is 11.6 Å². The van der Waals surface area contributed by atoms with E-state index in [-0.39, 0.29) is 11.5 Å². The summed E-state index contributed by atoms with van der Waals surface area (Å²) in [4.78, 5) is 11.0. The predicted molar refractivity (Wildman–Crippen MR) is 80.0 cm³/mol. The van der Waals surface area contributed by atoms with Gasteiger partial charge in [0.05, 0.1) is 6.10 Å². The highest BCUT2D eigenvalue weighted by Crippen LogP contribution is 2.27. The summed E-state index contributed by atoms with van der Waals surface area (Å²) < 4.78 is 0. The van der Waals surface area contributed by atoms with Crippen LogP contribution in [0, 0.1) is 6.92 Å². The van der Waals surface area contributed by atoms with Crippen molar-refractivity contribution in [2.75, 3.05) is 18.5 Å². The van der Waals surface area contributed by atoms with E-state index in [1.807, 2.05) is 18.9 Å². The molecular formula is C14H24ClN3O. The van der Waals surface area contributed by atoms with Gasteiger partial charge in [-0.25, -0.2) is 9.97 Å². The van der Waals surface area contributed by atoms with E-state index in [9.17, 15) is 5.11 Å². The first kappa shape index (κ1) is 16.2. The highest BCUT2D eigenvalue weighted by Gasteiger charge is 2.21. The molecule has 0 aliphatic carbocycles. The Morgan fingerprint density at radius 1 is 1.32 bits per heavy atom. The average Bonchev–Trinajstić information content (AvgIpc) is 2.27. The first-order valence-electron chi connectivity index (χ1n) is 6.56. The van der Waals surface area contributed by atoms with E-state index in [0.29, 0.717) is 11.6 Å². The minimum atomic E-state index is -0.317. The molecule has 0 aromatic carbocycles. The summed E-state index contributed by atoms with van der Waals surface area (Å²) in [5, 5.41) is 9.87. The molecule has 0 saturated carbocycles. The highest BCUT2D eigenvalue weighted by atomic mass is 35.5. The normalized spacial score (nSPS) is 13.5. The lowest BCUT2D eigenvalue weighted by Gasteiger charge is -2.24. The Labute approximate surface area is 120 Å². The quantitative estimate of drug-likeness (QED) is 0.864. The molecule has 0 fully saturated rings. The van der Waals surface area contributed by atoms with Gasteiger partial charge in [-0.2, -0.15) is 0 Å². The first-order valence-corrected chi connectivity index (χ1v) is 6.94. The van der Waals surface area contributed by atoms with Crippen LogP contribution in [0.25, 0.3) is 0 Å². The molecule has 1 aromatic rings.